The fraction of sp³-hybridized carbons (Fsp3) is 0.923. The number of nitrogens with zero attached hydrogens (tertiary/aromatic N) is 1. The van der Waals surface area contributed by atoms with Crippen LogP contribution in [-0.2, 0) is 14.3 Å². The summed E-state index contributed by atoms with van der Waals surface area (Å²) in [4.78, 5) is 13.3. The maximum Gasteiger partial charge on any atom is 0.334 e. The Morgan fingerprint density at radius 1 is 1.50 bits per heavy atom. The summed E-state index contributed by atoms with van der Waals surface area (Å²) in [6.45, 7) is 6.89. The summed E-state index contributed by atoms with van der Waals surface area (Å²) < 4.78 is 11.1. The maximum absolute atomic E-state index is 11.0. The third-order valence-corrected chi connectivity index (χ3v) is 4.21. The van der Waals surface area contributed by atoms with E-state index in [0.717, 1.165) is 32.4 Å². The van der Waals surface area contributed by atoms with E-state index in [9.17, 15) is 4.79 Å². The van der Waals surface area contributed by atoms with Crippen molar-refractivity contribution in [1.29, 1.82) is 0 Å². The number of hydrogen-bond donors (Lipinski definition) is 1. The molecule has 3 unspecified atom stereocenters. The van der Waals surface area contributed by atoms with Crippen molar-refractivity contribution in [2.45, 2.75) is 50.9 Å². The van der Waals surface area contributed by atoms with Crippen LogP contribution in [0.15, 0.2) is 0 Å². The predicted molar refractivity (Wildman–Crippen MR) is 66.6 cm³/mol. The van der Waals surface area contributed by atoms with Gasteiger partial charge in [0.2, 0.25) is 0 Å². The first-order valence-electron chi connectivity index (χ1n) is 6.76. The smallest absolute Gasteiger partial charge is 0.334 e. The maximum atomic E-state index is 11.0. The molecule has 0 saturated carbocycles. The number of morpholine rings is 1. The summed E-state index contributed by atoms with van der Waals surface area (Å²) in [6.07, 6.45) is 2.29. The van der Waals surface area contributed by atoms with E-state index < -0.39 is 12.1 Å². The molecular formula is C13H23NO4. The molecule has 0 aromatic heterocycles. The minimum atomic E-state index is -0.856. The summed E-state index contributed by atoms with van der Waals surface area (Å²) >= 11 is 0. The van der Waals surface area contributed by atoms with Crippen LogP contribution in [0.4, 0.5) is 0 Å². The molecule has 2 saturated heterocycles. The molecule has 2 aliphatic rings. The molecule has 2 heterocycles. The minimum Gasteiger partial charge on any atom is -0.479 e. The number of hydrogen-bond acceptors (Lipinski definition) is 4. The Kier molecular flexibility index (Phi) is 4.25. The number of carboxylic acid groups (broad SMARTS) is 1. The predicted octanol–water partition coefficient (Wildman–Crippen LogP) is 1.12. The van der Waals surface area contributed by atoms with Crippen LogP contribution in [0.3, 0.4) is 0 Å². The second-order valence-corrected chi connectivity index (χ2v) is 5.49. The molecule has 0 aromatic carbocycles. The molecule has 5 nitrogen and oxygen atoms in total. The molecular weight excluding hydrogens is 234 g/mol. The largest absolute Gasteiger partial charge is 0.479 e. The zero-order chi connectivity index (χ0) is 13.2. The van der Waals surface area contributed by atoms with Crippen LogP contribution in [-0.4, -0.2) is 60.0 Å². The first-order valence-corrected chi connectivity index (χ1v) is 6.76. The molecule has 3 atom stereocenters. The van der Waals surface area contributed by atoms with Crippen LogP contribution in [0, 0.1) is 0 Å². The van der Waals surface area contributed by atoms with Gasteiger partial charge in [0.25, 0.3) is 0 Å². The van der Waals surface area contributed by atoms with Gasteiger partial charge in [0.05, 0.1) is 12.2 Å². The third-order valence-electron chi connectivity index (χ3n) is 4.21. The van der Waals surface area contributed by atoms with Gasteiger partial charge in [0.15, 0.2) is 6.10 Å². The fourth-order valence-electron chi connectivity index (χ4n) is 2.81. The Bertz CT molecular complexity index is 309. The van der Waals surface area contributed by atoms with E-state index in [1.54, 1.807) is 0 Å². The first kappa shape index (κ1) is 13.8. The van der Waals surface area contributed by atoms with Crippen molar-refractivity contribution in [3.8, 4) is 0 Å². The molecule has 2 fully saturated rings. The molecule has 18 heavy (non-hydrogen) atoms. The summed E-state index contributed by atoms with van der Waals surface area (Å²) in [5.41, 5.74) is -0.0556. The van der Waals surface area contributed by atoms with Crippen LogP contribution in [0.25, 0.3) is 0 Å². The SMILES string of the molecule is CCC1(C)CC(N2CCOC(C(=O)O)C2)CCO1. The van der Waals surface area contributed by atoms with Gasteiger partial charge in [-0.3, -0.25) is 4.90 Å². The normalized spacial score (nSPS) is 38.6. The zero-order valence-corrected chi connectivity index (χ0v) is 11.2. The molecule has 2 rings (SSSR count). The lowest BCUT2D eigenvalue weighted by Crippen LogP contribution is -2.54. The molecule has 0 radical (unpaired) electrons. The van der Waals surface area contributed by atoms with Gasteiger partial charge < -0.3 is 14.6 Å². The number of carbonyl (C=O) groups is 1. The highest BCUT2D eigenvalue weighted by Crippen LogP contribution is 2.31. The van der Waals surface area contributed by atoms with Crippen LogP contribution < -0.4 is 0 Å². The Hall–Kier alpha value is -0.650. The van der Waals surface area contributed by atoms with Gasteiger partial charge in [-0.25, -0.2) is 4.79 Å². The van der Waals surface area contributed by atoms with Crippen molar-refractivity contribution >= 4 is 5.97 Å². The highest BCUT2D eigenvalue weighted by molar-refractivity contribution is 5.72. The van der Waals surface area contributed by atoms with Crippen LogP contribution in [0.1, 0.15) is 33.1 Å². The van der Waals surface area contributed by atoms with Gasteiger partial charge >= 0.3 is 5.97 Å². The molecule has 0 aliphatic carbocycles. The summed E-state index contributed by atoms with van der Waals surface area (Å²) in [5, 5.41) is 9.03. The molecule has 5 heteroatoms. The lowest BCUT2D eigenvalue weighted by atomic mass is 9.88. The van der Waals surface area contributed by atoms with Gasteiger partial charge in [-0.2, -0.15) is 0 Å². The number of aliphatic carboxylic acids is 1. The second kappa shape index (κ2) is 5.55. The quantitative estimate of drug-likeness (QED) is 0.821. The molecule has 0 aromatic rings. The van der Waals surface area contributed by atoms with Gasteiger partial charge in [-0.05, 0) is 26.2 Å². The van der Waals surface area contributed by atoms with E-state index >= 15 is 0 Å². The van der Waals surface area contributed by atoms with E-state index in [2.05, 4.69) is 18.7 Å². The first-order chi connectivity index (χ1) is 8.54. The van der Waals surface area contributed by atoms with Gasteiger partial charge in [-0.15, -0.1) is 0 Å². The van der Waals surface area contributed by atoms with Gasteiger partial charge in [0.1, 0.15) is 0 Å². The lowest BCUT2D eigenvalue weighted by molar-refractivity contribution is -0.160. The molecule has 0 bridgehead atoms. The van der Waals surface area contributed by atoms with Gasteiger partial charge in [0, 0.05) is 25.7 Å². The Morgan fingerprint density at radius 2 is 2.28 bits per heavy atom. The number of rotatable bonds is 3. The number of carboxylic acids is 1. The van der Waals surface area contributed by atoms with E-state index in [4.69, 9.17) is 14.6 Å². The standard InChI is InChI=1S/C13H23NO4/c1-3-13(2)8-10(4-6-18-13)14-5-7-17-11(9-14)12(15)16/h10-11H,3-9H2,1-2H3,(H,15,16). The second-order valence-electron chi connectivity index (χ2n) is 5.49. The highest BCUT2D eigenvalue weighted by Gasteiger charge is 2.37. The van der Waals surface area contributed by atoms with Crippen LogP contribution in [0.2, 0.25) is 0 Å². The van der Waals surface area contributed by atoms with Crippen molar-refractivity contribution < 1.29 is 19.4 Å². The van der Waals surface area contributed by atoms with Crippen molar-refractivity contribution in [2.75, 3.05) is 26.3 Å². The van der Waals surface area contributed by atoms with E-state index in [-0.39, 0.29) is 5.60 Å². The monoisotopic (exact) mass is 257 g/mol. The Labute approximate surface area is 108 Å². The molecule has 1 N–H and O–H groups in total. The van der Waals surface area contributed by atoms with Crippen molar-refractivity contribution in [1.82, 2.24) is 4.90 Å². The lowest BCUT2D eigenvalue weighted by Gasteiger charge is -2.44. The highest BCUT2D eigenvalue weighted by atomic mass is 16.5. The van der Waals surface area contributed by atoms with Gasteiger partial charge in [-0.1, -0.05) is 6.92 Å². The topological polar surface area (TPSA) is 59.0 Å². The third kappa shape index (κ3) is 3.02. The summed E-state index contributed by atoms with van der Waals surface area (Å²) in [6, 6.07) is 0.425. The van der Waals surface area contributed by atoms with E-state index in [0.29, 0.717) is 19.2 Å². The van der Waals surface area contributed by atoms with Crippen molar-refractivity contribution in [3.05, 3.63) is 0 Å². The summed E-state index contributed by atoms with van der Waals surface area (Å²) in [7, 11) is 0. The Morgan fingerprint density at radius 3 is 2.94 bits per heavy atom. The average Bonchev–Trinajstić information content (AvgIpc) is 2.39. The molecule has 2 aliphatic heterocycles. The fourth-order valence-corrected chi connectivity index (χ4v) is 2.81. The molecule has 0 spiro atoms. The van der Waals surface area contributed by atoms with Crippen molar-refractivity contribution in [2.24, 2.45) is 0 Å². The van der Waals surface area contributed by atoms with E-state index in [1.807, 2.05) is 0 Å². The van der Waals surface area contributed by atoms with E-state index in [1.165, 1.54) is 0 Å². The molecule has 0 amide bonds. The zero-order valence-electron chi connectivity index (χ0n) is 11.2. The van der Waals surface area contributed by atoms with Crippen LogP contribution in [0.5, 0.6) is 0 Å². The summed E-state index contributed by atoms with van der Waals surface area (Å²) in [5.74, 6) is -0.856. The van der Waals surface area contributed by atoms with Crippen molar-refractivity contribution in [3.63, 3.8) is 0 Å². The average molecular weight is 257 g/mol. The van der Waals surface area contributed by atoms with Crippen LogP contribution >= 0.6 is 0 Å². The Balaban J connectivity index is 1.96. The molecule has 104 valence electrons. The minimum absolute atomic E-state index is 0.0556. The number of ether oxygens (including phenoxy) is 2.